The van der Waals surface area contributed by atoms with Gasteiger partial charge >= 0.3 is 0 Å². The Balaban J connectivity index is 1.63. The van der Waals surface area contributed by atoms with Crippen molar-refractivity contribution in [1.82, 2.24) is 20.6 Å². The molecule has 3 rings (SSSR count). The molecule has 7 nitrogen and oxygen atoms in total. The first-order chi connectivity index (χ1) is 14.5. The van der Waals surface area contributed by atoms with E-state index in [1.807, 2.05) is 55.5 Å². The quantitative estimate of drug-likeness (QED) is 0.551. The van der Waals surface area contributed by atoms with Crippen molar-refractivity contribution in [2.75, 3.05) is 7.11 Å². The lowest BCUT2D eigenvalue weighted by Gasteiger charge is -2.14. The minimum absolute atomic E-state index is 0.120. The van der Waals surface area contributed by atoms with Crippen molar-refractivity contribution in [3.8, 4) is 5.75 Å². The van der Waals surface area contributed by atoms with Crippen LogP contribution in [0.5, 0.6) is 5.75 Å². The highest BCUT2D eigenvalue weighted by molar-refractivity contribution is 9.10. The lowest BCUT2D eigenvalue weighted by atomic mass is 10.1. The zero-order chi connectivity index (χ0) is 21.5. The number of nitrogens with one attached hydrogen (secondary N) is 2. The number of carbonyl (C=O) groups is 2. The highest BCUT2D eigenvalue weighted by Crippen LogP contribution is 2.17. The van der Waals surface area contributed by atoms with Crippen molar-refractivity contribution in [1.29, 1.82) is 0 Å². The van der Waals surface area contributed by atoms with Crippen molar-refractivity contribution >= 4 is 27.7 Å². The first kappa shape index (κ1) is 21.4. The summed E-state index contributed by atoms with van der Waals surface area (Å²) in [6, 6.07) is 16.2. The number of methoxy groups -OCH3 is 1. The topological polar surface area (TPSA) is 93.2 Å². The second kappa shape index (κ2) is 9.98. The van der Waals surface area contributed by atoms with Gasteiger partial charge in [-0.15, -0.1) is 0 Å². The zero-order valence-corrected chi connectivity index (χ0v) is 18.1. The van der Waals surface area contributed by atoms with Crippen molar-refractivity contribution in [2.24, 2.45) is 0 Å². The maximum absolute atomic E-state index is 12.6. The molecule has 3 aromatic rings. The van der Waals surface area contributed by atoms with Crippen molar-refractivity contribution in [3.63, 3.8) is 0 Å². The molecule has 30 heavy (non-hydrogen) atoms. The van der Waals surface area contributed by atoms with Gasteiger partial charge < -0.3 is 15.4 Å². The Morgan fingerprint density at radius 3 is 2.43 bits per heavy atom. The number of hydrogen-bond acceptors (Lipinski definition) is 5. The molecule has 0 saturated heterocycles. The molecule has 2 amide bonds. The molecule has 0 saturated carbocycles. The van der Waals surface area contributed by atoms with Crippen molar-refractivity contribution < 1.29 is 14.3 Å². The van der Waals surface area contributed by atoms with Gasteiger partial charge in [0.25, 0.3) is 11.8 Å². The molecule has 0 bridgehead atoms. The summed E-state index contributed by atoms with van der Waals surface area (Å²) in [5.41, 5.74) is 2.09. The number of ether oxygens (including phenoxy) is 1. The van der Waals surface area contributed by atoms with Crippen LogP contribution in [0.25, 0.3) is 0 Å². The molecular formula is C22H21BrN4O3. The van der Waals surface area contributed by atoms with Gasteiger partial charge in [-0.2, -0.15) is 0 Å². The number of aromatic nitrogens is 2. The van der Waals surface area contributed by atoms with Crippen LogP contribution < -0.4 is 15.4 Å². The van der Waals surface area contributed by atoms with Gasteiger partial charge in [0.1, 0.15) is 23.5 Å². The average Bonchev–Trinajstić information content (AvgIpc) is 2.78. The molecule has 0 aliphatic rings. The van der Waals surface area contributed by atoms with E-state index in [1.54, 1.807) is 7.11 Å². The average molecular weight is 469 g/mol. The van der Waals surface area contributed by atoms with Crippen LogP contribution in [0.2, 0.25) is 0 Å². The molecule has 154 valence electrons. The van der Waals surface area contributed by atoms with Gasteiger partial charge in [0.15, 0.2) is 0 Å². The monoisotopic (exact) mass is 468 g/mol. The molecule has 0 aliphatic heterocycles. The number of nitrogens with zero attached hydrogens (tertiary/aromatic N) is 2. The summed E-state index contributed by atoms with van der Waals surface area (Å²) < 4.78 is 6.14. The first-order valence-corrected chi connectivity index (χ1v) is 10.0. The second-order valence-corrected chi connectivity index (χ2v) is 7.49. The zero-order valence-electron chi connectivity index (χ0n) is 16.6. The number of rotatable bonds is 7. The summed E-state index contributed by atoms with van der Waals surface area (Å²) >= 11 is 3.39. The number of hydrogen-bond donors (Lipinski definition) is 2. The van der Waals surface area contributed by atoms with Crippen LogP contribution >= 0.6 is 15.9 Å². The highest BCUT2D eigenvalue weighted by Gasteiger charge is 2.16. The van der Waals surface area contributed by atoms with Gasteiger partial charge in [0.05, 0.1) is 13.2 Å². The molecule has 1 heterocycles. The Morgan fingerprint density at radius 1 is 1.03 bits per heavy atom. The molecule has 1 aromatic heterocycles. The van der Waals surface area contributed by atoms with Crippen LogP contribution in [-0.2, 0) is 6.54 Å². The number of halogens is 1. The third kappa shape index (κ3) is 5.64. The summed E-state index contributed by atoms with van der Waals surface area (Å²) in [4.78, 5) is 33.0. The summed E-state index contributed by atoms with van der Waals surface area (Å²) in [5.74, 6) is -0.0625. The van der Waals surface area contributed by atoms with Gasteiger partial charge in [-0.25, -0.2) is 9.97 Å². The fourth-order valence-electron chi connectivity index (χ4n) is 2.77. The Bertz CT molecular complexity index is 1040. The van der Waals surface area contributed by atoms with E-state index in [4.69, 9.17) is 4.74 Å². The van der Waals surface area contributed by atoms with E-state index in [0.717, 1.165) is 15.6 Å². The molecule has 0 unspecified atom stereocenters. The Labute approximate surface area is 183 Å². The van der Waals surface area contributed by atoms with Gasteiger partial charge in [0, 0.05) is 17.1 Å². The standard InChI is InChI=1S/C22H21BrN4O3/c1-14(16-6-8-17(23)9-7-16)27-22(29)20-11-19(25-13-26-20)21(28)24-12-15-4-3-5-18(10-15)30-2/h3-11,13-14H,12H2,1-2H3,(H,24,28)(H,27,29)/t14-/m0/s1. The van der Waals surface area contributed by atoms with Crippen molar-refractivity contribution in [3.05, 3.63) is 87.9 Å². The molecule has 8 heteroatoms. The molecule has 2 N–H and O–H groups in total. The third-order valence-electron chi connectivity index (χ3n) is 4.44. The number of amides is 2. The minimum Gasteiger partial charge on any atom is -0.497 e. The predicted molar refractivity (Wildman–Crippen MR) is 116 cm³/mol. The first-order valence-electron chi connectivity index (χ1n) is 9.26. The fourth-order valence-corrected chi connectivity index (χ4v) is 3.03. The number of carbonyl (C=O) groups excluding carboxylic acids is 2. The Hall–Kier alpha value is -3.26. The van der Waals surface area contributed by atoms with E-state index in [0.29, 0.717) is 12.3 Å². The lowest BCUT2D eigenvalue weighted by molar-refractivity contribution is 0.0934. The SMILES string of the molecule is COc1cccc(CNC(=O)c2cc(C(=O)N[C@@H](C)c3ccc(Br)cc3)ncn2)c1. The molecule has 2 aromatic carbocycles. The summed E-state index contributed by atoms with van der Waals surface area (Å²) in [7, 11) is 1.59. The van der Waals surface area contributed by atoms with E-state index >= 15 is 0 Å². The molecule has 1 atom stereocenters. The minimum atomic E-state index is -0.393. The van der Waals surface area contributed by atoms with Crippen LogP contribution in [0.3, 0.4) is 0 Å². The Morgan fingerprint density at radius 2 is 1.73 bits per heavy atom. The largest absolute Gasteiger partial charge is 0.497 e. The Kier molecular flexibility index (Phi) is 7.13. The van der Waals surface area contributed by atoms with E-state index in [1.165, 1.54) is 12.4 Å². The van der Waals surface area contributed by atoms with Gasteiger partial charge in [-0.1, -0.05) is 40.2 Å². The van der Waals surface area contributed by atoms with Gasteiger partial charge in [-0.05, 0) is 42.3 Å². The van der Waals surface area contributed by atoms with E-state index in [9.17, 15) is 9.59 Å². The molecule has 0 radical (unpaired) electrons. The third-order valence-corrected chi connectivity index (χ3v) is 4.97. The lowest BCUT2D eigenvalue weighted by Crippen LogP contribution is -2.29. The highest BCUT2D eigenvalue weighted by atomic mass is 79.9. The molecular weight excluding hydrogens is 448 g/mol. The fraction of sp³-hybridized carbons (Fsp3) is 0.182. The van der Waals surface area contributed by atoms with Crippen LogP contribution in [0.1, 0.15) is 45.1 Å². The van der Waals surface area contributed by atoms with Crippen molar-refractivity contribution in [2.45, 2.75) is 19.5 Å². The molecule has 0 spiro atoms. The van der Waals surface area contributed by atoms with Crippen LogP contribution in [-0.4, -0.2) is 28.9 Å². The predicted octanol–water partition coefficient (Wildman–Crippen LogP) is 3.67. The summed E-state index contributed by atoms with van der Waals surface area (Å²) in [5, 5.41) is 5.66. The van der Waals surface area contributed by atoms with Crippen LogP contribution in [0.4, 0.5) is 0 Å². The normalized spacial score (nSPS) is 11.4. The maximum atomic E-state index is 12.6. The molecule has 0 fully saturated rings. The molecule has 0 aliphatic carbocycles. The summed E-state index contributed by atoms with van der Waals surface area (Å²) in [6.07, 6.45) is 1.21. The van der Waals surface area contributed by atoms with Gasteiger partial charge in [0.2, 0.25) is 0 Å². The van der Waals surface area contributed by atoms with Crippen LogP contribution in [0.15, 0.2) is 65.4 Å². The van der Waals surface area contributed by atoms with E-state index < -0.39 is 5.91 Å². The smallest absolute Gasteiger partial charge is 0.270 e. The van der Waals surface area contributed by atoms with E-state index in [-0.39, 0.29) is 23.3 Å². The second-order valence-electron chi connectivity index (χ2n) is 6.57. The maximum Gasteiger partial charge on any atom is 0.270 e. The number of benzene rings is 2. The van der Waals surface area contributed by atoms with E-state index in [2.05, 4.69) is 36.5 Å². The van der Waals surface area contributed by atoms with Crippen LogP contribution in [0, 0.1) is 0 Å². The van der Waals surface area contributed by atoms with Gasteiger partial charge in [-0.3, -0.25) is 9.59 Å². The summed E-state index contributed by atoms with van der Waals surface area (Å²) in [6.45, 7) is 2.19.